The molecule has 0 amide bonds. The first kappa shape index (κ1) is 12.3. The molecule has 13 heavy (non-hydrogen) atoms. The van der Waals surface area contributed by atoms with Crippen molar-refractivity contribution in [2.24, 2.45) is 0 Å². The molecule has 6 nitrogen and oxygen atoms in total. The van der Waals surface area contributed by atoms with Crippen molar-refractivity contribution in [2.45, 2.75) is 19.9 Å². The number of esters is 1. The van der Waals surface area contributed by atoms with Gasteiger partial charge in [0.2, 0.25) is 0 Å². The van der Waals surface area contributed by atoms with E-state index in [2.05, 4.69) is 9.46 Å². The minimum atomic E-state index is -3.58. The number of rotatable bonds is 5. The molecule has 0 radical (unpaired) electrons. The molecule has 0 aromatic rings. The van der Waals surface area contributed by atoms with Crippen LogP contribution in [0, 0.1) is 0 Å². The maximum absolute atomic E-state index is 11.0. The highest BCUT2D eigenvalue weighted by molar-refractivity contribution is 7.87. The Morgan fingerprint density at radius 2 is 2.08 bits per heavy atom. The van der Waals surface area contributed by atoms with Crippen LogP contribution in [0.4, 0.5) is 0 Å². The summed E-state index contributed by atoms with van der Waals surface area (Å²) in [6.45, 7) is 3.29. The van der Waals surface area contributed by atoms with E-state index >= 15 is 0 Å². The molecule has 0 saturated heterocycles. The Morgan fingerprint density at radius 1 is 1.54 bits per heavy atom. The first-order chi connectivity index (χ1) is 5.93. The maximum Gasteiger partial charge on any atom is 0.323 e. The Hall–Kier alpha value is -0.660. The molecule has 0 saturated carbocycles. The van der Waals surface area contributed by atoms with Crippen LogP contribution in [0.1, 0.15) is 13.8 Å². The van der Waals surface area contributed by atoms with Crippen molar-refractivity contribution in [3.8, 4) is 0 Å². The van der Waals surface area contributed by atoms with Crippen LogP contribution in [0.5, 0.6) is 0 Å². The van der Waals surface area contributed by atoms with E-state index in [0.29, 0.717) is 0 Å². The van der Waals surface area contributed by atoms with Crippen molar-refractivity contribution < 1.29 is 17.9 Å². The molecule has 0 aliphatic carbocycles. The molecule has 7 heteroatoms. The Balaban J connectivity index is 4.15. The van der Waals surface area contributed by atoms with Crippen LogP contribution < -0.4 is 9.44 Å². The van der Waals surface area contributed by atoms with Crippen molar-refractivity contribution in [3.63, 3.8) is 0 Å². The lowest BCUT2D eigenvalue weighted by Crippen LogP contribution is -2.44. The second-order valence-electron chi connectivity index (χ2n) is 2.30. The monoisotopic (exact) mass is 210 g/mol. The van der Waals surface area contributed by atoms with Gasteiger partial charge in [-0.3, -0.25) is 4.79 Å². The highest BCUT2D eigenvalue weighted by atomic mass is 32.2. The Bertz CT molecular complexity index is 262. The molecule has 0 aliphatic rings. The number of carbonyl (C=O) groups excluding carboxylic acids is 1. The molecule has 1 atom stereocenters. The predicted molar refractivity (Wildman–Crippen MR) is 47.2 cm³/mol. The van der Waals surface area contributed by atoms with Crippen molar-refractivity contribution >= 4 is 16.2 Å². The second kappa shape index (κ2) is 5.15. The number of carbonyl (C=O) groups is 1. The van der Waals surface area contributed by atoms with Crippen LogP contribution in [0.3, 0.4) is 0 Å². The van der Waals surface area contributed by atoms with Gasteiger partial charge >= 0.3 is 5.97 Å². The van der Waals surface area contributed by atoms with E-state index in [9.17, 15) is 13.2 Å². The fourth-order valence-corrected chi connectivity index (χ4v) is 1.29. The molecule has 0 aromatic carbocycles. The molecule has 0 heterocycles. The predicted octanol–water partition coefficient (Wildman–Crippen LogP) is -1.01. The van der Waals surface area contributed by atoms with Crippen molar-refractivity contribution in [1.82, 2.24) is 9.44 Å². The van der Waals surface area contributed by atoms with Crippen LogP contribution in [-0.4, -0.2) is 34.1 Å². The smallest absolute Gasteiger partial charge is 0.323 e. The quantitative estimate of drug-likeness (QED) is 0.569. The number of nitrogens with one attached hydrogen (secondary N) is 2. The zero-order valence-corrected chi connectivity index (χ0v) is 8.64. The van der Waals surface area contributed by atoms with Gasteiger partial charge in [-0.1, -0.05) is 0 Å². The Morgan fingerprint density at radius 3 is 2.46 bits per heavy atom. The van der Waals surface area contributed by atoms with Gasteiger partial charge in [0.1, 0.15) is 6.04 Å². The lowest BCUT2D eigenvalue weighted by atomic mass is 10.4. The van der Waals surface area contributed by atoms with Crippen LogP contribution in [0.2, 0.25) is 0 Å². The van der Waals surface area contributed by atoms with Gasteiger partial charge in [-0.15, -0.1) is 0 Å². The van der Waals surface area contributed by atoms with E-state index in [-0.39, 0.29) is 6.61 Å². The van der Waals surface area contributed by atoms with Gasteiger partial charge in [0, 0.05) is 7.05 Å². The average Bonchev–Trinajstić information content (AvgIpc) is 2.04. The molecule has 0 rings (SSSR count). The summed E-state index contributed by atoms with van der Waals surface area (Å²) >= 11 is 0. The van der Waals surface area contributed by atoms with Gasteiger partial charge in [0.05, 0.1) is 6.61 Å². The topological polar surface area (TPSA) is 84.5 Å². The third kappa shape index (κ3) is 4.81. The van der Waals surface area contributed by atoms with Crippen molar-refractivity contribution in [3.05, 3.63) is 0 Å². The second-order valence-corrected chi connectivity index (χ2v) is 3.95. The highest BCUT2D eigenvalue weighted by Crippen LogP contribution is 1.89. The molecule has 78 valence electrons. The van der Waals surface area contributed by atoms with E-state index < -0.39 is 22.2 Å². The van der Waals surface area contributed by atoms with Crippen molar-refractivity contribution in [1.29, 1.82) is 0 Å². The Kier molecular flexibility index (Phi) is 4.89. The van der Waals surface area contributed by atoms with E-state index in [1.54, 1.807) is 6.92 Å². The van der Waals surface area contributed by atoms with Gasteiger partial charge in [-0.25, -0.2) is 4.72 Å². The average molecular weight is 210 g/mol. The van der Waals surface area contributed by atoms with Gasteiger partial charge in [0.25, 0.3) is 10.2 Å². The minimum absolute atomic E-state index is 0.227. The van der Waals surface area contributed by atoms with Gasteiger partial charge < -0.3 is 4.74 Å². The molecule has 0 fully saturated rings. The van der Waals surface area contributed by atoms with Crippen LogP contribution in [-0.2, 0) is 19.7 Å². The SMILES string of the molecule is CCOC(=O)C(C)NS(=O)(=O)NC. The molecule has 0 aliphatic heterocycles. The molecule has 0 aromatic heterocycles. The fourth-order valence-electron chi connectivity index (χ4n) is 0.607. The summed E-state index contributed by atoms with van der Waals surface area (Å²) in [4.78, 5) is 11.0. The van der Waals surface area contributed by atoms with Gasteiger partial charge in [-0.2, -0.15) is 13.1 Å². The van der Waals surface area contributed by atoms with Crippen molar-refractivity contribution in [2.75, 3.05) is 13.7 Å². The number of hydrogen-bond acceptors (Lipinski definition) is 4. The largest absolute Gasteiger partial charge is 0.465 e. The van der Waals surface area contributed by atoms with E-state index in [1.807, 2.05) is 4.72 Å². The zero-order chi connectivity index (χ0) is 10.5. The third-order valence-electron chi connectivity index (χ3n) is 1.24. The van der Waals surface area contributed by atoms with Crippen LogP contribution in [0.15, 0.2) is 0 Å². The molecule has 2 N–H and O–H groups in total. The lowest BCUT2D eigenvalue weighted by molar-refractivity contribution is -0.144. The summed E-state index contributed by atoms with van der Waals surface area (Å²) in [5, 5.41) is 0. The van der Waals surface area contributed by atoms with Gasteiger partial charge in [-0.05, 0) is 13.8 Å². The number of ether oxygens (including phenoxy) is 1. The van der Waals surface area contributed by atoms with E-state index in [0.717, 1.165) is 0 Å². The molecule has 0 spiro atoms. The summed E-state index contributed by atoms with van der Waals surface area (Å²) in [6.07, 6.45) is 0. The normalized spacial score (nSPS) is 13.8. The lowest BCUT2D eigenvalue weighted by Gasteiger charge is -2.11. The first-order valence-corrected chi connectivity index (χ1v) is 5.28. The third-order valence-corrected chi connectivity index (χ3v) is 2.44. The molecule has 1 unspecified atom stereocenters. The molecule has 0 bridgehead atoms. The highest BCUT2D eigenvalue weighted by Gasteiger charge is 2.19. The summed E-state index contributed by atoms with van der Waals surface area (Å²) in [7, 11) is -2.33. The zero-order valence-electron chi connectivity index (χ0n) is 7.83. The summed E-state index contributed by atoms with van der Waals surface area (Å²) in [6, 6.07) is -0.877. The maximum atomic E-state index is 11.0. The summed E-state index contributed by atoms with van der Waals surface area (Å²) in [5.74, 6) is -0.596. The standard InChI is InChI=1S/C6H14N2O4S/c1-4-12-6(9)5(2)8-13(10,11)7-3/h5,7-8H,4H2,1-3H3. The summed E-state index contributed by atoms with van der Waals surface area (Å²) < 4.78 is 30.5. The summed E-state index contributed by atoms with van der Waals surface area (Å²) in [5.41, 5.74) is 0. The fraction of sp³-hybridized carbons (Fsp3) is 0.833. The van der Waals surface area contributed by atoms with Crippen LogP contribution >= 0.6 is 0 Å². The molecular formula is C6H14N2O4S. The van der Waals surface area contributed by atoms with E-state index in [1.165, 1.54) is 14.0 Å². The Labute approximate surface area is 77.8 Å². The van der Waals surface area contributed by atoms with Crippen LogP contribution in [0.25, 0.3) is 0 Å². The van der Waals surface area contributed by atoms with E-state index in [4.69, 9.17) is 0 Å². The number of hydrogen-bond donors (Lipinski definition) is 2. The first-order valence-electron chi connectivity index (χ1n) is 3.80. The van der Waals surface area contributed by atoms with Gasteiger partial charge in [0.15, 0.2) is 0 Å². The molecular weight excluding hydrogens is 196 g/mol. The minimum Gasteiger partial charge on any atom is -0.465 e.